The molecule has 3 heterocycles. The number of hydrogen-bond donors (Lipinski definition) is 0. The lowest BCUT2D eigenvalue weighted by molar-refractivity contribution is -0.147. The quantitative estimate of drug-likeness (QED) is 0.395. The summed E-state index contributed by atoms with van der Waals surface area (Å²) < 4.78 is 37.1. The molecule has 1 aromatic carbocycles. The highest BCUT2D eigenvalue weighted by molar-refractivity contribution is 6.62. The summed E-state index contributed by atoms with van der Waals surface area (Å²) >= 11 is 0. The Hall–Kier alpha value is -3.04. The van der Waals surface area contributed by atoms with Gasteiger partial charge in [0.05, 0.1) is 23.3 Å². The van der Waals surface area contributed by atoms with Crippen molar-refractivity contribution in [2.24, 2.45) is 0 Å². The zero-order valence-electron chi connectivity index (χ0n) is 20.2. The topological polar surface area (TPSA) is 83.7 Å². The molecule has 9 heteroatoms. The zero-order chi connectivity index (χ0) is 24.7. The summed E-state index contributed by atoms with van der Waals surface area (Å²) in [4.78, 5) is 17.1. The predicted octanol–water partition coefficient (Wildman–Crippen LogP) is 4.33. The van der Waals surface area contributed by atoms with Gasteiger partial charge in [0.25, 0.3) is 0 Å². The summed E-state index contributed by atoms with van der Waals surface area (Å²) in [6, 6.07) is 9.84. The Morgan fingerprint density at radius 3 is 2.41 bits per heavy atom. The summed E-state index contributed by atoms with van der Waals surface area (Å²) in [5.41, 5.74) is 1.84. The summed E-state index contributed by atoms with van der Waals surface area (Å²) in [7, 11) is -0.530. The smallest absolute Gasteiger partial charge is 0.457 e. The number of ether oxygens (including phenoxy) is 1. The van der Waals surface area contributed by atoms with Gasteiger partial charge in [0, 0.05) is 22.8 Å². The molecule has 0 radical (unpaired) electrons. The number of halogens is 1. The Morgan fingerprint density at radius 2 is 1.79 bits per heavy atom. The van der Waals surface area contributed by atoms with E-state index in [-0.39, 0.29) is 6.42 Å². The van der Waals surface area contributed by atoms with Gasteiger partial charge < -0.3 is 18.6 Å². The first-order valence-corrected chi connectivity index (χ1v) is 11.2. The lowest BCUT2D eigenvalue weighted by Gasteiger charge is -2.32. The van der Waals surface area contributed by atoms with E-state index in [9.17, 15) is 9.18 Å². The van der Waals surface area contributed by atoms with E-state index in [4.69, 9.17) is 18.6 Å². The molecular weight excluding hydrogens is 438 g/mol. The van der Waals surface area contributed by atoms with Gasteiger partial charge in [0.1, 0.15) is 17.6 Å². The molecule has 1 saturated heterocycles. The zero-order valence-corrected chi connectivity index (χ0v) is 20.2. The van der Waals surface area contributed by atoms with Crippen molar-refractivity contribution in [3.63, 3.8) is 0 Å². The fourth-order valence-corrected chi connectivity index (χ4v) is 3.71. The number of nitrogens with zero attached hydrogens (tertiary/aromatic N) is 2. The van der Waals surface area contributed by atoms with Gasteiger partial charge in [-0.05, 0) is 53.7 Å². The average molecular weight is 466 g/mol. The van der Waals surface area contributed by atoms with Crippen LogP contribution in [0.5, 0.6) is 0 Å². The Morgan fingerprint density at radius 1 is 1.12 bits per heavy atom. The largest absolute Gasteiger partial charge is 0.496 e. The highest BCUT2D eigenvalue weighted by Crippen LogP contribution is 2.36. The molecule has 1 fully saturated rings. The molecule has 178 valence electrons. The van der Waals surface area contributed by atoms with Crippen LogP contribution in [0.2, 0.25) is 0 Å². The van der Waals surface area contributed by atoms with E-state index in [1.165, 1.54) is 6.07 Å². The van der Waals surface area contributed by atoms with Crippen LogP contribution in [0.3, 0.4) is 0 Å². The average Bonchev–Trinajstić information content (AvgIpc) is 3.23. The SMILES string of the molecule is Cc1noc(-c2ccc(B3OC(C)(C)C(C)(C)O3)cn2)c1CC(=O)O[C@H](C)c1ccccc1F. The first kappa shape index (κ1) is 24.1. The second-order valence-corrected chi connectivity index (χ2v) is 9.47. The number of hydrogen-bond acceptors (Lipinski definition) is 7. The summed E-state index contributed by atoms with van der Waals surface area (Å²) in [6.07, 6.45) is 0.858. The summed E-state index contributed by atoms with van der Waals surface area (Å²) in [5.74, 6) is -0.554. The molecule has 4 rings (SSSR count). The van der Waals surface area contributed by atoms with E-state index in [2.05, 4.69) is 10.1 Å². The standard InChI is InChI=1S/C25H28BFN2O5/c1-15-19(13-22(30)31-16(2)18-9-7-8-10-20(18)27)23(32-29-15)21-12-11-17(14-28-21)26-33-24(3,4)25(5,6)34-26/h7-12,14,16H,13H2,1-6H3/t16-/m1/s1. The maximum atomic E-state index is 14.0. The van der Waals surface area contributed by atoms with E-state index >= 15 is 0 Å². The van der Waals surface area contributed by atoms with E-state index in [1.807, 2.05) is 33.8 Å². The molecule has 0 saturated carbocycles. The lowest BCUT2D eigenvalue weighted by Crippen LogP contribution is -2.41. The molecular formula is C25H28BFN2O5. The molecule has 0 amide bonds. The second-order valence-electron chi connectivity index (χ2n) is 9.47. The van der Waals surface area contributed by atoms with Crippen molar-refractivity contribution in [3.05, 3.63) is 65.2 Å². The summed E-state index contributed by atoms with van der Waals surface area (Å²) in [5, 5.41) is 4.00. The van der Waals surface area contributed by atoms with Crippen molar-refractivity contribution in [2.45, 2.75) is 65.3 Å². The van der Waals surface area contributed by atoms with Crippen LogP contribution in [0.4, 0.5) is 4.39 Å². The molecule has 2 aromatic heterocycles. The minimum absolute atomic E-state index is 0.0792. The third-order valence-electron chi connectivity index (χ3n) is 6.50. The van der Waals surface area contributed by atoms with Crippen LogP contribution in [0.15, 0.2) is 47.1 Å². The number of benzene rings is 1. The molecule has 1 aliphatic heterocycles. The van der Waals surface area contributed by atoms with E-state index in [0.717, 1.165) is 5.46 Å². The third-order valence-corrected chi connectivity index (χ3v) is 6.50. The lowest BCUT2D eigenvalue weighted by atomic mass is 9.80. The fraction of sp³-hybridized carbons (Fsp3) is 0.400. The highest BCUT2D eigenvalue weighted by atomic mass is 19.1. The van der Waals surface area contributed by atoms with Crippen molar-refractivity contribution < 1.29 is 27.8 Å². The third kappa shape index (κ3) is 4.63. The van der Waals surface area contributed by atoms with E-state index in [0.29, 0.717) is 28.3 Å². The fourth-order valence-electron chi connectivity index (χ4n) is 3.71. The van der Waals surface area contributed by atoms with Crippen molar-refractivity contribution in [2.75, 3.05) is 0 Å². The molecule has 34 heavy (non-hydrogen) atoms. The van der Waals surface area contributed by atoms with Gasteiger partial charge in [-0.3, -0.25) is 9.78 Å². The monoisotopic (exact) mass is 466 g/mol. The first-order valence-electron chi connectivity index (χ1n) is 11.2. The number of carbonyl (C=O) groups is 1. The van der Waals surface area contributed by atoms with Crippen LogP contribution >= 0.6 is 0 Å². The number of carbonyl (C=O) groups excluding carboxylic acids is 1. The molecule has 0 bridgehead atoms. The molecule has 0 spiro atoms. The van der Waals surface area contributed by atoms with Crippen LogP contribution < -0.4 is 5.46 Å². The molecule has 0 N–H and O–H groups in total. The number of aryl methyl sites for hydroxylation is 1. The predicted molar refractivity (Wildman–Crippen MR) is 125 cm³/mol. The Labute approximate surface area is 198 Å². The molecule has 0 unspecified atom stereocenters. The minimum atomic E-state index is -0.727. The van der Waals surface area contributed by atoms with Crippen molar-refractivity contribution in [1.29, 1.82) is 0 Å². The van der Waals surface area contributed by atoms with Crippen LogP contribution in [-0.2, 0) is 25.3 Å². The summed E-state index contributed by atoms with van der Waals surface area (Å²) in [6.45, 7) is 11.3. The molecule has 0 aliphatic carbocycles. The van der Waals surface area contributed by atoms with Gasteiger partial charge >= 0.3 is 13.1 Å². The van der Waals surface area contributed by atoms with E-state index < -0.39 is 36.2 Å². The Bertz CT molecular complexity index is 1180. The van der Waals surface area contributed by atoms with Crippen LogP contribution in [0, 0.1) is 12.7 Å². The van der Waals surface area contributed by atoms with Gasteiger partial charge in [-0.2, -0.15) is 0 Å². The van der Waals surface area contributed by atoms with Crippen LogP contribution in [0.25, 0.3) is 11.5 Å². The maximum Gasteiger partial charge on any atom is 0.496 e. The second kappa shape index (κ2) is 8.96. The van der Waals surface area contributed by atoms with Crippen molar-refractivity contribution in [1.82, 2.24) is 10.1 Å². The van der Waals surface area contributed by atoms with Gasteiger partial charge in [-0.15, -0.1) is 0 Å². The number of pyridine rings is 1. The Kier molecular flexibility index (Phi) is 6.35. The molecule has 3 aromatic rings. The van der Waals surface area contributed by atoms with Gasteiger partial charge in [-0.1, -0.05) is 29.4 Å². The van der Waals surface area contributed by atoms with E-state index in [1.54, 1.807) is 44.3 Å². The maximum absolute atomic E-state index is 14.0. The molecule has 1 atom stereocenters. The van der Waals surface area contributed by atoms with Gasteiger partial charge in [-0.25, -0.2) is 4.39 Å². The normalized spacial score (nSPS) is 17.6. The van der Waals surface area contributed by atoms with Gasteiger partial charge in [0.2, 0.25) is 0 Å². The first-order chi connectivity index (χ1) is 16.0. The highest BCUT2D eigenvalue weighted by Gasteiger charge is 2.51. The van der Waals surface area contributed by atoms with Crippen molar-refractivity contribution >= 4 is 18.6 Å². The number of aromatic nitrogens is 2. The number of rotatable bonds is 6. The van der Waals surface area contributed by atoms with Crippen LogP contribution in [-0.4, -0.2) is 34.4 Å². The Balaban J connectivity index is 1.49. The molecule has 7 nitrogen and oxygen atoms in total. The van der Waals surface area contributed by atoms with Crippen molar-refractivity contribution in [3.8, 4) is 11.5 Å². The molecule has 1 aliphatic rings. The number of esters is 1. The minimum Gasteiger partial charge on any atom is -0.457 e. The van der Waals surface area contributed by atoms with Gasteiger partial charge in [0.15, 0.2) is 5.76 Å². The van der Waals surface area contributed by atoms with Crippen LogP contribution in [0.1, 0.15) is 57.5 Å².